The van der Waals surface area contributed by atoms with Crippen LogP contribution in [0.1, 0.15) is 6.42 Å². The quantitative estimate of drug-likeness (QED) is 0.676. The lowest BCUT2D eigenvalue weighted by atomic mass is 10.2. The van der Waals surface area contributed by atoms with Gasteiger partial charge in [-0.3, -0.25) is 4.79 Å². The SMILES string of the molecule is CN(CCOc1ccc(Cl)cc1)CCC(=O)Nc1ccc(N2CCOCC2)cc1. The maximum atomic E-state index is 12.2. The summed E-state index contributed by atoms with van der Waals surface area (Å²) < 4.78 is 11.1. The largest absolute Gasteiger partial charge is 0.492 e. The first kappa shape index (κ1) is 21.4. The van der Waals surface area contributed by atoms with E-state index in [0.29, 0.717) is 24.6 Å². The molecule has 1 amide bonds. The van der Waals surface area contributed by atoms with Crippen LogP contribution in [0.3, 0.4) is 0 Å². The zero-order valence-corrected chi connectivity index (χ0v) is 17.5. The van der Waals surface area contributed by atoms with Crippen LogP contribution in [0.15, 0.2) is 48.5 Å². The number of hydrogen-bond donors (Lipinski definition) is 1. The van der Waals surface area contributed by atoms with Crippen LogP contribution < -0.4 is 15.0 Å². The Hall–Kier alpha value is -2.28. The van der Waals surface area contributed by atoms with Crippen molar-refractivity contribution in [3.8, 4) is 5.75 Å². The van der Waals surface area contributed by atoms with E-state index in [0.717, 1.165) is 50.0 Å². The first-order valence-corrected chi connectivity index (χ1v) is 10.3. The number of nitrogens with one attached hydrogen (secondary N) is 1. The molecule has 0 saturated carbocycles. The molecule has 0 unspecified atom stereocenters. The summed E-state index contributed by atoms with van der Waals surface area (Å²) in [6.45, 7) is 5.29. The molecule has 6 nitrogen and oxygen atoms in total. The van der Waals surface area contributed by atoms with E-state index in [1.54, 1.807) is 12.1 Å². The van der Waals surface area contributed by atoms with E-state index in [1.165, 1.54) is 0 Å². The maximum absolute atomic E-state index is 12.2. The summed E-state index contributed by atoms with van der Waals surface area (Å²) in [7, 11) is 1.98. The third-order valence-corrected chi connectivity index (χ3v) is 5.06. The van der Waals surface area contributed by atoms with Crippen molar-refractivity contribution in [2.24, 2.45) is 0 Å². The van der Waals surface area contributed by atoms with Gasteiger partial charge in [-0.2, -0.15) is 0 Å². The van der Waals surface area contributed by atoms with E-state index >= 15 is 0 Å². The predicted molar refractivity (Wildman–Crippen MR) is 117 cm³/mol. The topological polar surface area (TPSA) is 54.0 Å². The molecule has 0 atom stereocenters. The van der Waals surface area contributed by atoms with Gasteiger partial charge in [0.15, 0.2) is 0 Å². The van der Waals surface area contributed by atoms with Gasteiger partial charge in [0.2, 0.25) is 5.91 Å². The first-order chi connectivity index (χ1) is 14.1. The summed E-state index contributed by atoms with van der Waals surface area (Å²) in [6.07, 6.45) is 0.433. The third-order valence-electron chi connectivity index (χ3n) is 4.80. The van der Waals surface area contributed by atoms with Gasteiger partial charge >= 0.3 is 0 Å². The average molecular weight is 418 g/mol. The summed E-state index contributed by atoms with van der Waals surface area (Å²) in [5, 5.41) is 3.65. The lowest BCUT2D eigenvalue weighted by molar-refractivity contribution is -0.116. The Morgan fingerprint density at radius 2 is 1.79 bits per heavy atom. The van der Waals surface area contributed by atoms with Crippen molar-refractivity contribution in [2.75, 3.05) is 63.3 Å². The first-order valence-electron chi connectivity index (χ1n) is 9.90. The fourth-order valence-electron chi connectivity index (χ4n) is 3.05. The van der Waals surface area contributed by atoms with Crippen LogP contribution in [-0.4, -0.2) is 63.9 Å². The molecule has 1 saturated heterocycles. The number of carbonyl (C=O) groups is 1. The van der Waals surface area contributed by atoms with Crippen LogP contribution in [0, 0.1) is 0 Å². The Morgan fingerprint density at radius 1 is 1.10 bits per heavy atom. The average Bonchev–Trinajstić information content (AvgIpc) is 2.75. The van der Waals surface area contributed by atoms with Crippen molar-refractivity contribution in [2.45, 2.75) is 6.42 Å². The molecule has 29 heavy (non-hydrogen) atoms. The van der Waals surface area contributed by atoms with E-state index in [4.69, 9.17) is 21.1 Å². The lowest BCUT2D eigenvalue weighted by Gasteiger charge is -2.28. The molecular weight excluding hydrogens is 390 g/mol. The Balaban J connectivity index is 1.34. The van der Waals surface area contributed by atoms with E-state index in [9.17, 15) is 4.79 Å². The van der Waals surface area contributed by atoms with Crippen LogP contribution in [0.2, 0.25) is 5.02 Å². The number of anilines is 2. The van der Waals surface area contributed by atoms with E-state index in [-0.39, 0.29) is 5.91 Å². The summed E-state index contributed by atoms with van der Waals surface area (Å²) in [5.74, 6) is 0.802. The number of amides is 1. The predicted octanol–water partition coefficient (Wildman–Crippen LogP) is 3.52. The smallest absolute Gasteiger partial charge is 0.225 e. The van der Waals surface area contributed by atoms with Gasteiger partial charge in [0.1, 0.15) is 12.4 Å². The van der Waals surface area contributed by atoms with Crippen molar-refractivity contribution in [1.82, 2.24) is 4.90 Å². The van der Waals surface area contributed by atoms with Crippen molar-refractivity contribution in [1.29, 1.82) is 0 Å². The molecule has 2 aromatic carbocycles. The molecule has 7 heteroatoms. The number of hydrogen-bond acceptors (Lipinski definition) is 5. The van der Waals surface area contributed by atoms with Crippen molar-refractivity contribution in [3.05, 3.63) is 53.6 Å². The van der Waals surface area contributed by atoms with Gasteiger partial charge in [-0.15, -0.1) is 0 Å². The molecule has 1 fully saturated rings. The van der Waals surface area contributed by atoms with Gasteiger partial charge < -0.3 is 24.6 Å². The minimum Gasteiger partial charge on any atom is -0.492 e. The Kier molecular flexibility index (Phi) is 8.16. The molecule has 1 aliphatic heterocycles. The summed E-state index contributed by atoms with van der Waals surface area (Å²) in [4.78, 5) is 16.6. The molecule has 0 bridgehead atoms. The second-order valence-electron chi connectivity index (χ2n) is 7.05. The monoisotopic (exact) mass is 417 g/mol. The fourth-order valence-corrected chi connectivity index (χ4v) is 3.18. The molecule has 0 aromatic heterocycles. The Bertz CT molecular complexity index is 762. The minimum absolute atomic E-state index is 0.00888. The highest BCUT2D eigenvalue weighted by Crippen LogP contribution is 2.19. The van der Waals surface area contributed by atoms with Crippen LogP contribution >= 0.6 is 11.6 Å². The molecular formula is C22H28ClN3O3. The molecule has 1 aliphatic rings. The summed E-state index contributed by atoms with van der Waals surface area (Å²) >= 11 is 5.86. The van der Waals surface area contributed by atoms with Crippen molar-refractivity contribution in [3.63, 3.8) is 0 Å². The molecule has 156 valence electrons. The van der Waals surface area contributed by atoms with Crippen LogP contribution in [0.25, 0.3) is 0 Å². The van der Waals surface area contributed by atoms with Gasteiger partial charge in [-0.25, -0.2) is 0 Å². The van der Waals surface area contributed by atoms with Gasteiger partial charge in [0.25, 0.3) is 0 Å². The molecule has 1 heterocycles. The van der Waals surface area contributed by atoms with Crippen molar-refractivity contribution >= 4 is 28.9 Å². The van der Waals surface area contributed by atoms with Gasteiger partial charge in [-0.1, -0.05) is 11.6 Å². The Morgan fingerprint density at radius 3 is 2.48 bits per heavy atom. The molecule has 0 radical (unpaired) electrons. The number of nitrogens with zero attached hydrogens (tertiary/aromatic N) is 2. The zero-order valence-electron chi connectivity index (χ0n) is 16.8. The lowest BCUT2D eigenvalue weighted by Crippen LogP contribution is -2.36. The normalized spacial score (nSPS) is 14.1. The zero-order chi connectivity index (χ0) is 20.5. The highest BCUT2D eigenvalue weighted by Gasteiger charge is 2.11. The number of halogens is 1. The highest BCUT2D eigenvalue weighted by atomic mass is 35.5. The van der Waals surface area contributed by atoms with E-state index in [2.05, 4.69) is 15.1 Å². The second kappa shape index (κ2) is 11.0. The summed E-state index contributed by atoms with van der Waals surface area (Å²) in [6, 6.07) is 15.3. The van der Waals surface area contributed by atoms with Crippen LogP contribution in [-0.2, 0) is 9.53 Å². The van der Waals surface area contributed by atoms with Gasteiger partial charge in [-0.05, 0) is 55.6 Å². The number of ether oxygens (including phenoxy) is 2. The molecule has 3 rings (SSSR count). The molecule has 0 aliphatic carbocycles. The van der Waals surface area contributed by atoms with Crippen LogP contribution in [0.5, 0.6) is 5.75 Å². The number of rotatable bonds is 9. The second-order valence-corrected chi connectivity index (χ2v) is 7.49. The molecule has 1 N–H and O–H groups in total. The third kappa shape index (κ3) is 7.24. The highest BCUT2D eigenvalue weighted by molar-refractivity contribution is 6.30. The Labute approximate surface area is 177 Å². The van der Waals surface area contributed by atoms with Gasteiger partial charge in [0.05, 0.1) is 13.2 Å². The van der Waals surface area contributed by atoms with E-state index in [1.807, 2.05) is 43.4 Å². The minimum atomic E-state index is 0.00888. The number of likely N-dealkylation sites (N-methyl/N-ethyl adjacent to an activating group) is 1. The fraction of sp³-hybridized carbons (Fsp3) is 0.409. The summed E-state index contributed by atoms with van der Waals surface area (Å²) in [5.41, 5.74) is 1.98. The molecule has 0 spiro atoms. The number of morpholine rings is 1. The maximum Gasteiger partial charge on any atom is 0.225 e. The molecule has 2 aromatic rings. The van der Waals surface area contributed by atoms with Crippen molar-refractivity contribution < 1.29 is 14.3 Å². The number of benzene rings is 2. The standard InChI is InChI=1S/C22H28ClN3O3/c1-25(12-17-29-21-8-2-18(23)3-9-21)11-10-22(27)24-19-4-6-20(7-5-19)26-13-15-28-16-14-26/h2-9H,10-17H2,1H3,(H,24,27). The van der Waals surface area contributed by atoms with Crippen LogP contribution in [0.4, 0.5) is 11.4 Å². The van der Waals surface area contributed by atoms with E-state index < -0.39 is 0 Å². The number of carbonyl (C=O) groups excluding carboxylic acids is 1. The van der Waals surface area contributed by atoms with Gasteiger partial charge in [0, 0.05) is 49.0 Å².